The quantitative estimate of drug-likeness (QED) is 0.908. The second-order valence-corrected chi connectivity index (χ2v) is 6.26. The van der Waals surface area contributed by atoms with Gasteiger partial charge in [0.15, 0.2) is 0 Å². The molecule has 0 saturated carbocycles. The molecule has 5 heteroatoms. The van der Waals surface area contributed by atoms with E-state index in [1.54, 1.807) is 0 Å². The fourth-order valence-corrected chi connectivity index (χ4v) is 2.65. The Morgan fingerprint density at radius 2 is 2.15 bits per heavy atom. The number of anilines is 2. The van der Waals surface area contributed by atoms with Crippen LogP contribution in [0.5, 0.6) is 0 Å². The summed E-state index contributed by atoms with van der Waals surface area (Å²) < 4.78 is 0. The van der Waals surface area contributed by atoms with Gasteiger partial charge in [-0.2, -0.15) is 4.98 Å². The van der Waals surface area contributed by atoms with E-state index in [0.29, 0.717) is 0 Å². The second-order valence-electron chi connectivity index (χ2n) is 6.26. The van der Waals surface area contributed by atoms with Gasteiger partial charge in [0.2, 0.25) is 5.95 Å². The van der Waals surface area contributed by atoms with E-state index in [-0.39, 0.29) is 12.0 Å². The summed E-state index contributed by atoms with van der Waals surface area (Å²) in [5.74, 6) is 1.75. The molecule has 1 aromatic heterocycles. The number of piperidine rings is 1. The monoisotopic (exact) mass is 278 g/mol. The topological polar surface area (TPSA) is 52.5 Å². The predicted octanol–water partition coefficient (Wildman–Crippen LogP) is 1.70. The summed E-state index contributed by atoms with van der Waals surface area (Å²) in [5.41, 5.74) is 1.04. The van der Waals surface area contributed by atoms with Crippen molar-refractivity contribution in [2.75, 3.05) is 43.6 Å². The molecule has 1 unspecified atom stereocenters. The van der Waals surface area contributed by atoms with E-state index in [9.17, 15) is 5.11 Å². The Kier molecular flexibility index (Phi) is 4.48. The van der Waals surface area contributed by atoms with E-state index < -0.39 is 0 Å². The Hall–Kier alpha value is -1.36. The van der Waals surface area contributed by atoms with Gasteiger partial charge in [-0.3, -0.25) is 0 Å². The molecule has 0 amide bonds. The fourth-order valence-electron chi connectivity index (χ4n) is 2.65. The molecule has 5 nitrogen and oxygen atoms in total. The maximum Gasteiger partial charge on any atom is 0.227 e. The van der Waals surface area contributed by atoms with Crippen molar-refractivity contribution in [3.05, 3.63) is 11.8 Å². The van der Waals surface area contributed by atoms with Gasteiger partial charge in [0.1, 0.15) is 5.82 Å². The summed E-state index contributed by atoms with van der Waals surface area (Å²) in [6.45, 7) is 6.35. The van der Waals surface area contributed by atoms with E-state index >= 15 is 0 Å². The average molecular weight is 278 g/mol. The number of aromatic nitrogens is 2. The molecule has 0 bridgehead atoms. The summed E-state index contributed by atoms with van der Waals surface area (Å²) in [6.07, 6.45) is 3.08. The van der Waals surface area contributed by atoms with E-state index in [0.717, 1.165) is 49.8 Å². The van der Waals surface area contributed by atoms with Crippen molar-refractivity contribution in [2.45, 2.75) is 33.1 Å². The molecular formula is C15H26N4O. The molecule has 1 saturated heterocycles. The van der Waals surface area contributed by atoms with Crippen molar-refractivity contribution in [3.8, 4) is 0 Å². The third-order valence-electron chi connectivity index (χ3n) is 4.00. The van der Waals surface area contributed by atoms with Crippen molar-refractivity contribution >= 4 is 11.8 Å². The van der Waals surface area contributed by atoms with Gasteiger partial charge in [-0.25, -0.2) is 4.98 Å². The van der Waals surface area contributed by atoms with Crippen LogP contribution in [0.4, 0.5) is 11.8 Å². The highest BCUT2D eigenvalue weighted by atomic mass is 16.3. The second kappa shape index (κ2) is 5.95. The normalized spacial score (nSPS) is 22.9. The van der Waals surface area contributed by atoms with E-state index in [1.807, 2.05) is 19.0 Å². The van der Waals surface area contributed by atoms with Gasteiger partial charge < -0.3 is 14.9 Å². The fraction of sp³-hybridized carbons (Fsp3) is 0.733. The zero-order chi connectivity index (χ0) is 14.8. The molecule has 1 fully saturated rings. The van der Waals surface area contributed by atoms with Crippen molar-refractivity contribution in [1.29, 1.82) is 0 Å². The molecule has 0 aliphatic carbocycles. The molecule has 2 heterocycles. The van der Waals surface area contributed by atoms with Crippen LogP contribution in [-0.4, -0.2) is 48.9 Å². The Bertz CT molecular complexity index is 463. The maximum atomic E-state index is 9.59. The third kappa shape index (κ3) is 3.20. The molecule has 1 aliphatic heterocycles. The van der Waals surface area contributed by atoms with E-state index in [2.05, 4.69) is 34.8 Å². The van der Waals surface area contributed by atoms with Crippen LogP contribution in [0.15, 0.2) is 6.07 Å². The van der Waals surface area contributed by atoms with Crippen molar-refractivity contribution in [2.24, 2.45) is 5.41 Å². The highest BCUT2D eigenvalue weighted by Gasteiger charge is 2.31. The Balaban J connectivity index is 2.29. The van der Waals surface area contributed by atoms with E-state index in [1.165, 1.54) is 0 Å². The summed E-state index contributed by atoms with van der Waals surface area (Å²) in [5, 5.41) is 9.59. The molecule has 0 aromatic carbocycles. The van der Waals surface area contributed by atoms with Crippen molar-refractivity contribution < 1.29 is 5.11 Å². The minimum atomic E-state index is -0.0200. The van der Waals surface area contributed by atoms with Gasteiger partial charge in [0.25, 0.3) is 0 Å². The van der Waals surface area contributed by atoms with Crippen LogP contribution in [0.2, 0.25) is 0 Å². The molecule has 20 heavy (non-hydrogen) atoms. The zero-order valence-electron chi connectivity index (χ0n) is 13.1. The lowest BCUT2D eigenvalue weighted by Crippen LogP contribution is -2.44. The SMILES string of the molecule is CCc1cc(N2CCCC(C)(CO)C2)nc(N(C)C)n1. The number of aliphatic hydroxyl groups is 1. The first-order valence-corrected chi connectivity index (χ1v) is 7.38. The average Bonchev–Trinajstić information content (AvgIpc) is 2.46. The number of rotatable bonds is 4. The van der Waals surface area contributed by atoms with Crippen LogP contribution in [0.25, 0.3) is 0 Å². The van der Waals surface area contributed by atoms with Crippen LogP contribution in [-0.2, 0) is 6.42 Å². The first kappa shape index (κ1) is 15.0. The molecule has 2 rings (SSSR count). The van der Waals surface area contributed by atoms with Crippen molar-refractivity contribution in [1.82, 2.24) is 9.97 Å². The van der Waals surface area contributed by atoms with Crippen LogP contribution in [0.3, 0.4) is 0 Å². The predicted molar refractivity (Wildman–Crippen MR) is 82.4 cm³/mol. The summed E-state index contributed by atoms with van der Waals surface area (Å²) in [7, 11) is 3.93. The van der Waals surface area contributed by atoms with Crippen LogP contribution < -0.4 is 9.80 Å². The number of hydrogen-bond acceptors (Lipinski definition) is 5. The lowest BCUT2D eigenvalue weighted by molar-refractivity contribution is 0.123. The molecular weight excluding hydrogens is 252 g/mol. The molecule has 1 aliphatic rings. The number of aryl methyl sites for hydroxylation is 1. The highest BCUT2D eigenvalue weighted by molar-refractivity contribution is 5.46. The summed E-state index contributed by atoms with van der Waals surface area (Å²) in [4.78, 5) is 13.4. The molecule has 1 aromatic rings. The smallest absolute Gasteiger partial charge is 0.227 e. The summed E-state index contributed by atoms with van der Waals surface area (Å²) >= 11 is 0. The van der Waals surface area contributed by atoms with Gasteiger partial charge in [-0.1, -0.05) is 13.8 Å². The van der Waals surface area contributed by atoms with Crippen LogP contribution in [0.1, 0.15) is 32.4 Å². The van der Waals surface area contributed by atoms with Gasteiger partial charge in [0, 0.05) is 44.4 Å². The lowest BCUT2D eigenvalue weighted by atomic mass is 9.83. The van der Waals surface area contributed by atoms with Crippen LogP contribution >= 0.6 is 0 Å². The standard InChI is InChI=1S/C15H26N4O/c1-5-12-9-13(17-14(16-12)18(3)4)19-8-6-7-15(2,10-19)11-20/h9,20H,5-8,10-11H2,1-4H3. The largest absolute Gasteiger partial charge is 0.396 e. The molecule has 1 atom stereocenters. The first-order valence-electron chi connectivity index (χ1n) is 7.38. The maximum absolute atomic E-state index is 9.59. The van der Waals surface area contributed by atoms with Crippen LogP contribution in [0, 0.1) is 5.41 Å². The molecule has 0 spiro atoms. The lowest BCUT2D eigenvalue weighted by Gasteiger charge is -2.40. The minimum absolute atomic E-state index is 0.0200. The highest BCUT2D eigenvalue weighted by Crippen LogP contribution is 2.31. The van der Waals surface area contributed by atoms with E-state index in [4.69, 9.17) is 0 Å². The zero-order valence-corrected chi connectivity index (χ0v) is 13.1. The number of hydrogen-bond donors (Lipinski definition) is 1. The first-order chi connectivity index (χ1) is 9.47. The number of nitrogens with zero attached hydrogens (tertiary/aromatic N) is 4. The van der Waals surface area contributed by atoms with Crippen molar-refractivity contribution in [3.63, 3.8) is 0 Å². The van der Waals surface area contributed by atoms with Gasteiger partial charge in [-0.15, -0.1) is 0 Å². The number of aliphatic hydroxyl groups excluding tert-OH is 1. The van der Waals surface area contributed by atoms with Gasteiger partial charge >= 0.3 is 0 Å². The Morgan fingerprint density at radius 1 is 1.40 bits per heavy atom. The molecule has 112 valence electrons. The Labute approximate surface area is 121 Å². The molecule has 0 radical (unpaired) electrons. The molecule has 1 N–H and O–H groups in total. The minimum Gasteiger partial charge on any atom is -0.396 e. The third-order valence-corrected chi connectivity index (χ3v) is 4.00. The van der Waals surface area contributed by atoms with Gasteiger partial charge in [0.05, 0.1) is 6.61 Å². The summed E-state index contributed by atoms with van der Waals surface area (Å²) in [6, 6.07) is 2.08. The van der Waals surface area contributed by atoms with Gasteiger partial charge in [-0.05, 0) is 19.3 Å². The Morgan fingerprint density at radius 3 is 2.75 bits per heavy atom.